The fourth-order valence-electron chi connectivity index (χ4n) is 1.70. The van der Waals surface area contributed by atoms with Gasteiger partial charge in [0, 0.05) is 12.7 Å². The van der Waals surface area contributed by atoms with Gasteiger partial charge >= 0.3 is 5.97 Å². The highest BCUT2D eigenvalue weighted by Gasteiger charge is 2.21. The number of carboxylic acids is 1. The Balaban J connectivity index is 2.62. The van der Waals surface area contributed by atoms with Crippen LogP contribution in [0.2, 0.25) is 0 Å². The summed E-state index contributed by atoms with van der Waals surface area (Å²) < 4.78 is 0. The summed E-state index contributed by atoms with van der Waals surface area (Å²) in [5, 5.41) is 9.06. The monoisotopic (exact) mass is 220 g/mol. The van der Waals surface area contributed by atoms with Gasteiger partial charge in [0.1, 0.15) is 5.82 Å². The van der Waals surface area contributed by atoms with Crippen LogP contribution < -0.4 is 5.73 Å². The predicted octanol–water partition coefficient (Wildman–Crippen LogP) is 0.393. The molecule has 0 bridgehead atoms. The molecule has 0 aromatic carbocycles. The number of carbonyl (C=O) groups is 1. The standard InChI is InChI=1S/C10H12N4O2/c1-5-13-8-6(7(4-11)10(15)16)2-3-12-9(8)14-5/h2-3,7H,4,11H2,1H3,(H,15,16)(H,12,13,14). The van der Waals surface area contributed by atoms with E-state index in [1.807, 2.05) is 0 Å². The van der Waals surface area contributed by atoms with Crippen LogP contribution in [-0.4, -0.2) is 32.6 Å². The lowest BCUT2D eigenvalue weighted by Crippen LogP contribution is -2.21. The van der Waals surface area contributed by atoms with Crippen LogP contribution in [0.25, 0.3) is 11.2 Å². The van der Waals surface area contributed by atoms with Crippen LogP contribution in [0.3, 0.4) is 0 Å². The maximum atomic E-state index is 11.0. The molecule has 0 aliphatic rings. The number of H-pyrrole nitrogens is 1. The van der Waals surface area contributed by atoms with E-state index in [9.17, 15) is 4.79 Å². The Morgan fingerprint density at radius 1 is 1.69 bits per heavy atom. The van der Waals surface area contributed by atoms with E-state index in [4.69, 9.17) is 10.8 Å². The van der Waals surface area contributed by atoms with Crippen LogP contribution in [0.4, 0.5) is 0 Å². The minimum absolute atomic E-state index is 0.0481. The maximum Gasteiger partial charge on any atom is 0.312 e. The second-order valence-corrected chi connectivity index (χ2v) is 3.55. The molecule has 6 nitrogen and oxygen atoms in total. The molecule has 0 amide bonds. The van der Waals surface area contributed by atoms with Gasteiger partial charge in [0.05, 0.1) is 11.4 Å². The highest BCUT2D eigenvalue weighted by Crippen LogP contribution is 2.22. The average molecular weight is 220 g/mol. The van der Waals surface area contributed by atoms with Crippen LogP contribution in [0.5, 0.6) is 0 Å². The number of hydrogen-bond acceptors (Lipinski definition) is 4. The third-order valence-corrected chi connectivity index (χ3v) is 2.45. The summed E-state index contributed by atoms with van der Waals surface area (Å²) in [5.74, 6) is -0.969. The molecule has 2 aromatic heterocycles. The topological polar surface area (TPSA) is 105 Å². The number of aromatic nitrogens is 3. The van der Waals surface area contributed by atoms with Crippen LogP contribution >= 0.6 is 0 Å². The number of rotatable bonds is 3. The molecule has 0 radical (unpaired) electrons. The van der Waals surface area contributed by atoms with Crippen molar-refractivity contribution >= 4 is 17.1 Å². The zero-order valence-electron chi connectivity index (χ0n) is 8.77. The molecule has 0 fully saturated rings. The second-order valence-electron chi connectivity index (χ2n) is 3.55. The largest absolute Gasteiger partial charge is 0.481 e. The van der Waals surface area contributed by atoms with Crippen molar-refractivity contribution < 1.29 is 9.90 Å². The molecule has 1 unspecified atom stereocenters. The number of hydrogen-bond donors (Lipinski definition) is 3. The van der Waals surface area contributed by atoms with Crippen LogP contribution in [0, 0.1) is 6.92 Å². The van der Waals surface area contributed by atoms with E-state index in [1.165, 1.54) is 0 Å². The molecule has 4 N–H and O–H groups in total. The quantitative estimate of drug-likeness (QED) is 0.694. The van der Waals surface area contributed by atoms with Gasteiger partial charge in [-0.05, 0) is 18.6 Å². The SMILES string of the molecule is Cc1nc2nccc(C(CN)C(=O)O)c2[nH]1. The number of nitrogens with one attached hydrogen (secondary N) is 1. The van der Waals surface area contributed by atoms with E-state index in [-0.39, 0.29) is 6.54 Å². The normalized spacial score (nSPS) is 12.9. The third-order valence-electron chi connectivity index (χ3n) is 2.45. The van der Waals surface area contributed by atoms with Crippen LogP contribution in [-0.2, 0) is 4.79 Å². The molecule has 2 aromatic rings. The second kappa shape index (κ2) is 3.90. The Bertz CT molecular complexity index is 535. The highest BCUT2D eigenvalue weighted by molar-refractivity contribution is 5.84. The lowest BCUT2D eigenvalue weighted by Gasteiger charge is -2.09. The van der Waals surface area contributed by atoms with E-state index in [1.54, 1.807) is 19.2 Å². The van der Waals surface area contributed by atoms with Crippen molar-refractivity contribution in [2.24, 2.45) is 5.73 Å². The Kier molecular flexibility index (Phi) is 2.57. The van der Waals surface area contributed by atoms with Crippen molar-refractivity contribution in [3.05, 3.63) is 23.7 Å². The van der Waals surface area contributed by atoms with Crippen LogP contribution in [0.1, 0.15) is 17.3 Å². The minimum atomic E-state index is -0.942. The lowest BCUT2D eigenvalue weighted by molar-refractivity contribution is -0.138. The molecular weight excluding hydrogens is 208 g/mol. The first-order chi connectivity index (χ1) is 7.63. The van der Waals surface area contributed by atoms with Gasteiger partial charge in [-0.15, -0.1) is 0 Å². The third kappa shape index (κ3) is 1.63. The van der Waals surface area contributed by atoms with Crippen molar-refractivity contribution in [1.29, 1.82) is 0 Å². The summed E-state index contributed by atoms with van der Waals surface area (Å²) in [6.07, 6.45) is 1.55. The molecule has 1 atom stereocenters. The maximum absolute atomic E-state index is 11.0. The number of fused-ring (bicyclic) bond motifs is 1. The van der Waals surface area contributed by atoms with Crippen molar-refractivity contribution in [2.75, 3.05) is 6.54 Å². The predicted molar refractivity (Wildman–Crippen MR) is 58.1 cm³/mol. The van der Waals surface area contributed by atoms with Crippen molar-refractivity contribution in [2.45, 2.75) is 12.8 Å². The van der Waals surface area contributed by atoms with E-state index in [0.29, 0.717) is 22.6 Å². The summed E-state index contributed by atoms with van der Waals surface area (Å²) in [6, 6.07) is 1.66. The van der Waals surface area contributed by atoms with Gasteiger partial charge in [-0.2, -0.15) is 0 Å². The summed E-state index contributed by atoms with van der Waals surface area (Å²) in [5.41, 5.74) is 7.27. The van der Waals surface area contributed by atoms with Crippen LogP contribution in [0.15, 0.2) is 12.3 Å². The molecule has 0 spiro atoms. The molecule has 0 aliphatic carbocycles. The van der Waals surface area contributed by atoms with Gasteiger partial charge in [0.15, 0.2) is 5.65 Å². The molecule has 2 rings (SSSR count). The first-order valence-corrected chi connectivity index (χ1v) is 4.87. The fourth-order valence-corrected chi connectivity index (χ4v) is 1.70. The van der Waals surface area contributed by atoms with Gasteiger partial charge in [-0.1, -0.05) is 0 Å². The molecule has 0 saturated carbocycles. The smallest absolute Gasteiger partial charge is 0.312 e. The van der Waals surface area contributed by atoms with Gasteiger partial charge in [0.25, 0.3) is 0 Å². The molecular formula is C10H12N4O2. The van der Waals surface area contributed by atoms with E-state index < -0.39 is 11.9 Å². The number of imidazole rings is 1. The fraction of sp³-hybridized carbons (Fsp3) is 0.300. The number of pyridine rings is 1. The van der Waals surface area contributed by atoms with Gasteiger partial charge < -0.3 is 15.8 Å². The highest BCUT2D eigenvalue weighted by atomic mass is 16.4. The molecule has 6 heteroatoms. The molecule has 0 saturated heterocycles. The number of aliphatic carboxylic acids is 1. The summed E-state index contributed by atoms with van der Waals surface area (Å²) >= 11 is 0. The van der Waals surface area contributed by atoms with Crippen molar-refractivity contribution in [3.8, 4) is 0 Å². The molecule has 16 heavy (non-hydrogen) atoms. The van der Waals surface area contributed by atoms with Crippen molar-refractivity contribution in [1.82, 2.24) is 15.0 Å². The first kappa shape index (κ1) is 10.6. The van der Waals surface area contributed by atoms with Gasteiger partial charge in [-0.25, -0.2) is 9.97 Å². The summed E-state index contributed by atoms with van der Waals surface area (Å²) in [4.78, 5) is 22.3. The van der Waals surface area contributed by atoms with E-state index in [0.717, 1.165) is 0 Å². The minimum Gasteiger partial charge on any atom is -0.481 e. The number of nitrogens with two attached hydrogens (primary N) is 1. The van der Waals surface area contributed by atoms with Crippen molar-refractivity contribution in [3.63, 3.8) is 0 Å². The Morgan fingerprint density at radius 3 is 3.06 bits per heavy atom. The molecule has 2 heterocycles. The van der Waals surface area contributed by atoms with E-state index >= 15 is 0 Å². The Morgan fingerprint density at radius 2 is 2.44 bits per heavy atom. The zero-order valence-corrected chi connectivity index (χ0v) is 8.77. The van der Waals surface area contributed by atoms with Gasteiger partial charge in [-0.3, -0.25) is 4.79 Å². The summed E-state index contributed by atoms with van der Waals surface area (Å²) in [7, 11) is 0. The molecule has 84 valence electrons. The lowest BCUT2D eigenvalue weighted by atomic mass is 10.00. The zero-order chi connectivity index (χ0) is 11.7. The number of nitrogens with zero attached hydrogens (tertiary/aromatic N) is 2. The van der Waals surface area contributed by atoms with Gasteiger partial charge in [0.2, 0.25) is 0 Å². The number of carboxylic acid groups (broad SMARTS) is 1. The van der Waals surface area contributed by atoms with E-state index in [2.05, 4.69) is 15.0 Å². The average Bonchev–Trinajstić information content (AvgIpc) is 2.59. The Labute approximate surface area is 91.5 Å². The Hall–Kier alpha value is -1.95. The summed E-state index contributed by atoms with van der Waals surface area (Å²) in [6.45, 7) is 1.84. The molecule has 0 aliphatic heterocycles. The number of aromatic amines is 1. The number of aryl methyl sites for hydroxylation is 1. The first-order valence-electron chi connectivity index (χ1n) is 4.87.